The quantitative estimate of drug-likeness (QED) is 0.749. The maximum absolute atomic E-state index is 12.9. The highest BCUT2D eigenvalue weighted by molar-refractivity contribution is 7.92. The normalized spacial score (nSPS) is 13.2. The second-order valence-corrected chi connectivity index (χ2v) is 8.11. The Hall–Kier alpha value is -2.11. The summed E-state index contributed by atoms with van der Waals surface area (Å²) in [5.41, 5.74) is 8.00. The van der Waals surface area contributed by atoms with Gasteiger partial charge in [-0.05, 0) is 37.1 Å². The van der Waals surface area contributed by atoms with Gasteiger partial charge in [-0.15, -0.1) is 0 Å². The average Bonchev–Trinajstić information content (AvgIpc) is 2.98. The van der Waals surface area contributed by atoms with E-state index in [4.69, 9.17) is 5.73 Å². The fraction of sp³-hybridized carbons (Fsp3) is 0.263. The molecule has 0 saturated carbocycles. The predicted octanol–water partition coefficient (Wildman–Crippen LogP) is 3.00. The Kier molecular flexibility index (Phi) is 4.73. The molecule has 24 heavy (non-hydrogen) atoms. The number of aromatic nitrogens is 1. The molecular weight excluding hydrogens is 320 g/mol. The van der Waals surface area contributed by atoms with Crippen LogP contribution in [-0.2, 0) is 22.8 Å². The molecule has 0 aliphatic rings. The summed E-state index contributed by atoms with van der Waals surface area (Å²) < 4.78 is 27.9. The van der Waals surface area contributed by atoms with Crippen molar-refractivity contribution in [3.8, 4) is 0 Å². The third-order valence-corrected chi connectivity index (χ3v) is 6.60. The lowest BCUT2D eigenvalue weighted by Gasteiger charge is -2.15. The molecule has 2 aromatic carbocycles. The molecule has 0 spiro atoms. The molecule has 0 radical (unpaired) electrons. The van der Waals surface area contributed by atoms with Gasteiger partial charge in [0.25, 0.3) is 0 Å². The first kappa shape index (κ1) is 16.7. The van der Waals surface area contributed by atoms with E-state index < -0.39 is 15.1 Å². The number of hydrogen-bond acceptors (Lipinski definition) is 3. The number of hydrogen-bond donors (Lipinski definition) is 1. The van der Waals surface area contributed by atoms with Crippen LogP contribution in [0, 0.1) is 0 Å². The first-order valence-corrected chi connectivity index (χ1v) is 9.68. The van der Waals surface area contributed by atoms with Crippen LogP contribution in [0.5, 0.6) is 0 Å². The zero-order valence-electron chi connectivity index (χ0n) is 13.7. The summed E-state index contributed by atoms with van der Waals surface area (Å²) >= 11 is 0. The lowest BCUT2D eigenvalue weighted by Crippen LogP contribution is -2.31. The summed E-state index contributed by atoms with van der Waals surface area (Å²) in [5, 5.41) is 0.470. The van der Waals surface area contributed by atoms with E-state index in [-0.39, 0.29) is 6.54 Å². The number of para-hydroxylation sites is 1. The largest absolute Gasteiger partial charge is 0.347 e. The van der Waals surface area contributed by atoms with Crippen molar-refractivity contribution >= 4 is 20.7 Å². The third kappa shape index (κ3) is 2.97. The van der Waals surface area contributed by atoms with Gasteiger partial charge < -0.3 is 10.3 Å². The Morgan fingerprint density at radius 3 is 2.38 bits per heavy atom. The highest BCUT2D eigenvalue weighted by Crippen LogP contribution is 2.25. The molecule has 0 amide bonds. The van der Waals surface area contributed by atoms with Gasteiger partial charge in [-0.2, -0.15) is 0 Å². The van der Waals surface area contributed by atoms with Crippen LogP contribution in [0.15, 0.2) is 65.7 Å². The van der Waals surface area contributed by atoms with E-state index in [2.05, 4.69) is 17.6 Å². The van der Waals surface area contributed by atoms with Crippen LogP contribution >= 0.6 is 0 Å². The predicted molar refractivity (Wildman–Crippen MR) is 97.8 cm³/mol. The monoisotopic (exact) mass is 342 g/mol. The van der Waals surface area contributed by atoms with Crippen molar-refractivity contribution in [1.29, 1.82) is 0 Å². The van der Waals surface area contributed by atoms with Gasteiger partial charge in [0.2, 0.25) is 0 Å². The van der Waals surface area contributed by atoms with Crippen molar-refractivity contribution in [2.75, 3.05) is 6.54 Å². The van der Waals surface area contributed by atoms with Gasteiger partial charge in [0.05, 0.1) is 10.1 Å². The molecule has 0 bridgehead atoms. The van der Waals surface area contributed by atoms with Crippen LogP contribution in [0.1, 0.15) is 12.5 Å². The molecule has 1 heterocycles. The maximum Gasteiger partial charge on any atom is 0.182 e. The van der Waals surface area contributed by atoms with Crippen molar-refractivity contribution in [3.05, 3.63) is 66.4 Å². The van der Waals surface area contributed by atoms with Crippen molar-refractivity contribution in [2.24, 2.45) is 5.73 Å². The summed E-state index contributed by atoms with van der Waals surface area (Å²) in [5.74, 6) is 0. The number of nitrogens with zero attached hydrogens (tertiary/aromatic N) is 1. The van der Waals surface area contributed by atoms with Gasteiger partial charge in [0, 0.05) is 30.2 Å². The average molecular weight is 342 g/mol. The number of benzene rings is 2. The minimum absolute atomic E-state index is 0.100. The van der Waals surface area contributed by atoms with Crippen molar-refractivity contribution in [1.82, 2.24) is 4.57 Å². The van der Waals surface area contributed by atoms with Gasteiger partial charge in [-0.1, -0.05) is 36.4 Å². The molecule has 126 valence electrons. The first-order chi connectivity index (χ1) is 11.6. The Labute approximate surface area is 142 Å². The zero-order chi connectivity index (χ0) is 17.2. The number of fused-ring (bicyclic) bond motifs is 1. The van der Waals surface area contributed by atoms with Crippen molar-refractivity contribution in [3.63, 3.8) is 0 Å². The molecule has 0 fully saturated rings. The van der Waals surface area contributed by atoms with E-state index in [0.29, 0.717) is 11.3 Å². The lowest BCUT2D eigenvalue weighted by atomic mass is 10.1. The lowest BCUT2D eigenvalue weighted by molar-refractivity contribution is 0.578. The molecule has 0 saturated heterocycles. The second-order valence-electron chi connectivity index (χ2n) is 5.88. The van der Waals surface area contributed by atoms with Gasteiger partial charge in [-0.25, -0.2) is 8.42 Å². The first-order valence-electron chi connectivity index (χ1n) is 8.13. The molecule has 1 atom stereocenters. The summed E-state index contributed by atoms with van der Waals surface area (Å²) in [6, 6.07) is 16.6. The smallest absolute Gasteiger partial charge is 0.182 e. The van der Waals surface area contributed by atoms with Crippen molar-refractivity contribution < 1.29 is 8.42 Å². The van der Waals surface area contributed by atoms with E-state index in [1.54, 1.807) is 24.3 Å². The molecule has 0 aliphatic heterocycles. The molecule has 1 unspecified atom stereocenters. The molecule has 5 heteroatoms. The Morgan fingerprint density at radius 2 is 1.71 bits per heavy atom. The van der Waals surface area contributed by atoms with E-state index >= 15 is 0 Å². The highest BCUT2D eigenvalue weighted by atomic mass is 32.2. The molecule has 3 rings (SSSR count). The molecule has 1 aromatic heterocycles. The summed E-state index contributed by atoms with van der Waals surface area (Å²) in [6.45, 7) is 3.03. The third-order valence-electron chi connectivity index (χ3n) is 4.43. The topological polar surface area (TPSA) is 65.1 Å². The minimum atomic E-state index is -3.45. The SMILES string of the molecule is CCn1cc(CC(CN)S(=O)(=O)c2ccccc2)c2ccccc21. The second kappa shape index (κ2) is 6.79. The molecule has 3 aromatic rings. The van der Waals surface area contributed by atoms with E-state index in [0.717, 1.165) is 23.0 Å². The van der Waals surface area contributed by atoms with Gasteiger partial charge in [-0.3, -0.25) is 0 Å². The number of aryl methyl sites for hydroxylation is 1. The van der Waals surface area contributed by atoms with Crippen LogP contribution in [0.25, 0.3) is 10.9 Å². The van der Waals surface area contributed by atoms with Gasteiger partial charge in [0.15, 0.2) is 9.84 Å². The van der Waals surface area contributed by atoms with Crippen LogP contribution in [0.2, 0.25) is 0 Å². The summed E-state index contributed by atoms with van der Waals surface area (Å²) in [7, 11) is -3.45. The fourth-order valence-corrected chi connectivity index (χ4v) is 4.69. The highest BCUT2D eigenvalue weighted by Gasteiger charge is 2.27. The van der Waals surface area contributed by atoms with Crippen LogP contribution in [-0.4, -0.2) is 24.8 Å². The molecule has 0 aliphatic carbocycles. The number of sulfone groups is 1. The van der Waals surface area contributed by atoms with Crippen LogP contribution < -0.4 is 5.73 Å². The maximum atomic E-state index is 12.9. The fourth-order valence-electron chi connectivity index (χ4n) is 3.11. The summed E-state index contributed by atoms with van der Waals surface area (Å²) in [6.07, 6.45) is 2.47. The number of rotatable bonds is 6. The zero-order valence-corrected chi connectivity index (χ0v) is 14.5. The standard InChI is InChI=1S/C19H22N2O2S/c1-2-21-14-15(18-10-6-7-11-19(18)21)12-17(13-20)24(22,23)16-8-4-3-5-9-16/h3-11,14,17H,2,12-13,20H2,1H3. The Bertz CT molecular complexity index is 930. The van der Waals surface area contributed by atoms with Gasteiger partial charge in [0.1, 0.15) is 0 Å². The minimum Gasteiger partial charge on any atom is -0.347 e. The number of nitrogens with two attached hydrogens (primary N) is 1. The van der Waals surface area contributed by atoms with E-state index in [9.17, 15) is 8.42 Å². The Morgan fingerprint density at radius 1 is 1.04 bits per heavy atom. The van der Waals surface area contributed by atoms with Crippen molar-refractivity contribution in [2.45, 2.75) is 30.0 Å². The molecule has 2 N–H and O–H groups in total. The molecular formula is C19H22N2O2S. The summed E-state index contributed by atoms with van der Waals surface area (Å²) in [4.78, 5) is 0.333. The van der Waals surface area contributed by atoms with E-state index in [1.807, 2.05) is 30.5 Å². The Balaban J connectivity index is 2.00. The van der Waals surface area contributed by atoms with Crippen LogP contribution in [0.3, 0.4) is 0 Å². The van der Waals surface area contributed by atoms with Gasteiger partial charge >= 0.3 is 0 Å². The van der Waals surface area contributed by atoms with E-state index in [1.165, 1.54) is 0 Å². The molecule has 4 nitrogen and oxygen atoms in total. The van der Waals surface area contributed by atoms with Crippen LogP contribution in [0.4, 0.5) is 0 Å².